The molecule has 0 unspecified atom stereocenters. The summed E-state index contributed by atoms with van der Waals surface area (Å²) in [6, 6.07) is 18.4. The van der Waals surface area contributed by atoms with Gasteiger partial charge in [0.15, 0.2) is 0 Å². The number of alkyl halides is 3. The van der Waals surface area contributed by atoms with E-state index in [2.05, 4.69) is 22.3 Å². The number of anilines is 2. The smallest absolute Gasteiger partial charge is 0.367 e. The summed E-state index contributed by atoms with van der Waals surface area (Å²) in [5.41, 5.74) is 2.26. The Kier molecular flexibility index (Phi) is 6.29. The van der Waals surface area contributed by atoms with E-state index < -0.39 is 29.6 Å². The summed E-state index contributed by atoms with van der Waals surface area (Å²) in [6.45, 7) is 1.65. The van der Waals surface area contributed by atoms with E-state index in [1.54, 1.807) is 6.07 Å². The summed E-state index contributed by atoms with van der Waals surface area (Å²) in [5.74, 6) is -1.89. The first-order chi connectivity index (χ1) is 17.7. The van der Waals surface area contributed by atoms with Gasteiger partial charge in [-0.05, 0) is 65.9 Å². The molecule has 9 heteroatoms. The third-order valence-electron chi connectivity index (χ3n) is 6.38. The molecule has 0 radical (unpaired) electrons. The average Bonchev–Trinajstić information content (AvgIpc) is 2.87. The van der Waals surface area contributed by atoms with Gasteiger partial charge in [-0.3, -0.25) is 14.9 Å². The molecule has 5 rings (SSSR count). The summed E-state index contributed by atoms with van der Waals surface area (Å²) in [7, 11) is 0. The standard InChI is InChI=1S/C28H22F3N3O3/c29-28(30,31)21-9-4-10-22(16-21)34-26(36)23(25(35)32-27(34)37)15-19-11-12-24-20(14-19)8-5-13-33(24)17-18-6-2-1-3-7-18/h1-4,6-7,9-12,14-16H,5,8,13,17H2,(H,32,35,37). The van der Waals surface area contributed by atoms with E-state index in [0.717, 1.165) is 49.3 Å². The number of benzene rings is 3. The first-order valence-electron chi connectivity index (χ1n) is 11.7. The van der Waals surface area contributed by atoms with E-state index in [4.69, 9.17) is 0 Å². The lowest BCUT2D eigenvalue weighted by atomic mass is 9.97. The Balaban J connectivity index is 1.44. The molecule has 0 atom stereocenters. The molecule has 0 bridgehead atoms. The fraction of sp³-hybridized carbons (Fsp3) is 0.179. The molecule has 3 aromatic rings. The van der Waals surface area contributed by atoms with E-state index >= 15 is 0 Å². The zero-order chi connectivity index (χ0) is 26.2. The summed E-state index contributed by atoms with van der Waals surface area (Å²) in [6.07, 6.45) is -1.53. The number of aryl methyl sites for hydroxylation is 1. The number of rotatable bonds is 4. The first kappa shape index (κ1) is 24.3. The predicted octanol–water partition coefficient (Wildman–Crippen LogP) is 5.32. The van der Waals surface area contributed by atoms with E-state index in [-0.39, 0.29) is 11.3 Å². The highest BCUT2D eigenvalue weighted by Crippen LogP contribution is 2.33. The lowest BCUT2D eigenvalue weighted by Gasteiger charge is -2.32. The van der Waals surface area contributed by atoms with Crippen molar-refractivity contribution in [2.45, 2.75) is 25.6 Å². The highest BCUT2D eigenvalue weighted by atomic mass is 19.4. The molecule has 37 heavy (non-hydrogen) atoms. The maximum absolute atomic E-state index is 13.2. The van der Waals surface area contributed by atoms with Crippen molar-refractivity contribution in [3.63, 3.8) is 0 Å². The van der Waals surface area contributed by atoms with Crippen molar-refractivity contribution in [3.05, 3.63) is 101 Å². The Hall–Kier alpha value is -4.40. The van der Waals surface area contributed by atoms with Crippen LogP contribution >= 0.6 is 0 Å². The Morgan fingerprint density at radius 3 is 2.46 bits per heavy atom. The van der Waals surface area contributed by atoms with Gasteiger partial charge in [-0.1, -0.05) is 42.5 Å². The minimum atomic E-state index is -4.66. The third kappa shape index (κ3) is 4.97. The van der Waals surface area contributed by atoms with E-state index in [9.17, 15) is 27.6 Å². The van der Waals surface area contributed by atoms with Crippen molar-refractivity contribution in [1.82, 2.24) is 5.32 Å². The van der Waals surface area contributed by atoms with Gasteiger partial charge in [-0.25, -0.2) is 9.69 Å². The van der Waals surface area contributed by atoms with Crippen molar-refractivity contribution < 1.29 is 27.6 Å². The Bertz CT molecular complexity index is 1420. The normalized spacial score (nSPS) is 17.2. The van der Waals surface area contributed by atoms with Gasteiger partial charge in [-0.15, -0.1) is 0 Å². The Labute approximate surface area is 211 Å². The molecule has 2 heterocycles. The predicted molar refractivity (Wildman–Crippen MR) is 133 cm³/mol. The van der Waals surface area contributed by atoms with Crippen LogP contribution in [0.2, 0.25) is 0 Å². The molecule has 2 aliphatic heterocycles. The molecular formula is C28H22F3N3O3. The lowest BCUT2D eigenvalue weighted by Crippen LogP contribution is -2.54. The summed E-state index contributed by atoms with van der Waals surface area (Å²) in [4.78, 5) is 40.9. The van der Waals surface area contributed by atoms with Crippen LogP contribution < -0.4 is 15.1 Å². The quantitative estimate of drug-likeness (QED) is 0.385. The number of nitrogens with zero attached hydrogens (tertiary/aromatic N) is 2. The zero-order valence-corrected chi connectivity index (χ0v) is 19.6. The Morgan fingerprint density at radius 1 is 0.919 bits per heavy atom. The number of imide groups is 2. The molecule has 0 saturated carbocycles. The SMILES string of the molecule is O=C1NC(=O)N(c2cccc(C(F)(F)F)c2)C(=O)C1=Cc1ccc2c(c1)CCCN2Cc1ccccc1. The van der Waals surface area contributed by atoms with Crippen LogP contribution in [0.3, 0.4) is 0 Å². The maximum Gasteiger partial charge on any atom is 0.416 e. The highest BCUT2D eigenvalue weighted by molar-refractivity contribution is 6.39. The van der Waals surface area contributed by atoms with Gasteiger partial charge in [0.1, 0.15) is 5.57 Å². The molecule has 0 aromatic heterocycles. The van der Waals surface area contributed by atoms with Gasteiger partial charge >= 0.3 is 12.2 Å². The maximum atomic E-state index is 13.2. The number of carbonyl (C=O) groups is 3. The van der Waals surface area contributed by atoms with Crippen LogP contribution in [0.4, 0.5) is 29.3 Å². The number of nitrogens with one attached hydrogen (secondary N) is 1. The molecule has 1 fully saturated rings. The number of fused-ring (bicyclic) bond motifs is 1. The van der Waals surface area contributed by atoms with Crippen LogP contribution in [0.5, 0.6) is 0 Å². The first-order valence-corrected chi connectivity index (χ1v) is 11.7. The molecule has 2 aliphatic rings. The summed E-state index contributed by atoms with van der Waals surface area (Å²) < 4.78 is 39.5. The molecule has 0 aliphatic carbocycles. The van der Waals surface area contributed by atoms with E-state index in [1.165, 1.54) is 17.7 Å². The number of hydrogen-bond donors (Lipinski definition) is 1. The monoisotopic (exact) mass is 505 g/mol. The molecule has 0 spiro atoms. The van der Waals surface area contributed by atoms with Crippen LogP contribution in [0.15, 0.2) is 78.4 Å². The van der Waals surface area contributed by atoms with Crippen molar-refractivity contribution in [1.29, 1.82) is 0 Å². The number of barbiturate groups is 1. The van der Waals surface area contributed by atoms with Gasteiger partial charge in [0.25, 0.3) is 11.8 Å². The van der Waals surface area contributed by atoms with Gasteiger partial charge in [0, 0.05) is 18.8 Å². The number of carbonyl (C=O) groups excluding carboxylic acids is 3. The molecule has 1 N–H and O–H groups in total. The number of hydrogen-bond acceptors (Lipinski definition) is 4. The fourth-order valence-electron chi connectivity index (χ4n) is 4.63. The van der Waals surface area contributed by atoms with Crippen LogP contribution in [0, 0.1) is 0 Å². The second kappa shape index (κ2) is 9.57. The van der Waals surface area contributed by atoms with Gasteiger partial charge in [0.05, 0.1) is 11.3 Å². The molecule has 4 amide bonds. The van der Waals surface area contributed by atoms with E-state index in [0.29, 0.717) is 16.5 Å². The highest BCUT2D eigenvalue weighted by Gasteiger charge is 2.38. The molecular weight excluding hydrogens is 483 g/mol. The lowest BCUT2D eigenvalue weighted by molar-refractivity contribution is -0.137. The van der Waals surface area contributed by atoms with Crippen LogP contribution in [0.25, 0.3) is 6.08 Å². The minimum Gasteiger partial charge on any atom is -0.367 e. The molecule has 3 aromatic carbocycles. The van der Waals surface area contributed by atoms with Crippen molar-refractivity contribution >= 4 is 35.3 Å². The van der Waals surface area contributed by atoms with Gasteiger partial charge < -0.3 is 4.90 Å². The molecule has 6 nitrogen and oxygen atoms in total. The van der Waals surface area contributed by atoms with E-state index in [1.807, 2.05) is 30.3 Å². The van der Waals surface area contributed by atoms with Crippen molar-refractivity contribution in [2.24, 2.45) is 0 Å². The molecule has 188 valence electrons. The second-order valence-corrected chi connectivity index (χ2v) is 8.90. The topological polar surface area (TPSA) is 69.7 Å². The summed E-state index contributed by atoms with van der Waals surface area (Å²) >= 11 is 0. The van der Waals surface area contributed by atoms with Crippen molar-refractivity contribution in [3.8, 4) is 0 Å². The zero-order valence-electron chi connectivity index (χ0n) is 19.6. The minimum absolute atomic E-state index is 0.280. The summed E-state index contributed by atoms with van der Waals surface area (Å²) in [5, 5.41) is 2.05. The second-order valence-electron chi connectivity index (χ2n) is 8.90. The number of halogens is 3. The van der Waals surface area contributed by atoms with Crippen molar-refractivity contribution in [2.75, 3.05) is 16.3 Å². The largest absolute Gasteiger partial charge is 0.416 e. The average molecular weight is 505 g/mol. The third-order valence-corrected chi connectivity index (χ3v) is 6.38. The Morgan fingerprint density at radius 2 is 1.70 bits per heavy atom. The van der Waals surface area contributed by atoms with Gasteiger partial charge in [-0.2, -0.15) is 13.2 Å². The van der Waals surface area contributed by atoms with Crippen LogP contribution in [-0.4, -0.2) is 24.4 Å². The fourth-order valence-corrected chi connectivity index (χ4v) is 4.63. The van der Waals surface area contributed by atoms with Gasteiger partial charge in [0.2, 0.25) is 0 Å². The van der Waals surface area contributed by atoms with Crippen LogP contribution in [-0.2, 0) is 28.7 Å². The number of amides is 4. The van der Waals surface area contributed by atoms with Crippen LogP contribution in [0.1, 0.15) is 28.7 Å². The molecule has 1 saturated heterocycles. The number of urea groups is 1.